The monoisotopic (exact) mass is 424 g/mol. The summed E-state index contributed by atoms with van der Waals surface area (Å²) in [6.07, 6.45) is -1.42. The average molecular weight is 424 g/mol. The van der Waals surface area contributed by atoms with Gasteiger partial charge in [0.05, 0.1) is 11.6 Å². The second-order valence-electron chi connectivity index (χ2n) is 7.15. The molecule has 0 spiro atoms. The smallest absolute Gasteiger partial charge is 0.422 e. The fraction of sp³-hybridized carbons (Fsp3) is 0.421. The van der Waals surface area contributed by atoms with Gasteiger partial charge in [-0.15, -0.1) is 11.3 Å². The van der Waals surface area contributed by atoms with Crippen LogP contribution in [0.25, 0.3) is 11.2 Å². The Morgan fingerprint density at radius 1 is 1.41 bits per heavy atom. The quantitative estimate of drug-likeness (QED) is 0.592. The van der Waals surface area contributed by atoms with Crippen molar-refractivity contribution in [2.45, 2.75) is 37.9 Å². The summed E-state index contributed by atoms with van der Waals surface area (Å²) < 4.78 is 41.4. The predicted molar refractivity (Wildman–Crippen MR) is 102 cm³/mol. The SMILES string of the molecule is C[C@@H](NC(=O)C[C@H]1C[C@H]1c1nc2ncccc2[nH]1)c1ccc(OCC(F)(F)F)s1. The molecule has 29 heavy (non-hydrogen) atoms. The number of ether oxygens (including phenoxy) is 1. The van der Waals surface area contributed by atoms with Crippen molar-refractivity contribution in [2.24, 2.45) is 5.92 Å². The molecule has 0 saturated heterocycles. The number of imidazole rings is 1. The van der Waals surface area contributed by atoms with Gasteiger partial charge < -0.3 is 15.0 Å². The molecule has 1 saturated carbocycles. The van der Waals surface area contributed by atoms with Crippen molar-refractivity contribution in [3.63, 3.8) is 0 Å². The van der Waals surface area contributed by atoms with Crippen molar-refractivity contribution in [1.82, 2.24) is 20.3 Å². The van der Waals surface area contributed by atoms with Gasteiger partial charge in [0.15, 0.2) is 17.3 Å². The first-order chi connectivity index (χ1) is 13.8. The fourth-order valence-corrected chi connectivity index (χ4v) is 4.11. The minimum atomic E-state index is -4.37. The molecule has 6 nitrogen and oxygen atoms in total. The van der Waals surface area contributed by atoms with Gasteiger partial charge in [-0.25, -0.2) is 9.97 Å². The maximum Gasteiger partial charge on any atom is 0.422 e. The summed E-state index contributed by atoms with van der Waals surface area (Å²) in [5.41, 5.74) is 1.56. The summed E-state index contributed by atoms with van der Waals surface area (Å²) in [5.74, 6) is 1.20. The molecule has 154 valence electrons. The third-order valence-corrected chi connectivity index (χ3v) is 5.96. The van der Waals surface area contributed by atoms with Crippen molar-refractivity contribution in [1.29, 1.82) is 0 Å². The van der Waals surface area contributed by atoms with Crippen LogP contribution < -0.4 is 10.1 Å². The molecule has 4 rings (SSSR count). The van der Waals surface area contributed by atoms with E-state index in [0.717, 1.165) is 34.0 Å². The Morgan fingerprint density at radius 2 is 2.24 bits per heavy atom. The Kier molecular flexibility index (Phi) is 5.20. The largest absolute Gasteiger partial charge is 0.475 e. The second kappa shape index (κ2) is 7.66. The summed E-state index contributed by atoms with van der Waals surface area (Å²) in [5, 5.41) is 3.08. The van der Waals surface area contributed by atoms with Crippen LogP contribution in [0, 0.1) is 5.92 Å². The number of pyridine rings is 1. The number of H-pyrrole nitrogens is 1. The normalized spacial score (nSPS) is 19.9. The molecule has 0 aromatic carbocycles. The topological polar surface area (TPSA) is 79.9 Å². The number of nitrogens with zero attached hydrogens (tertiary/aromatic N) is 2. The standard InChI is InChI=1S/C19H19F3N4O2S/c1-10(14-4-5-16(29-14)28-9-19(20,21)22)24-15(27)8-11-7-12(11)17-25-13-3-2-6-23-18(13)26-17/h2-6,10-12H,7-9H2,1H3,(H,24,27)(H,23,25,26)/t10-,11-,12-/m1/s1. The van der Waals surface area contributed by atoms with Crippen LogP contribution in [0.15, 0.2) is 30.5 Å². The van der Waals surface area contributed by atoms with E-state index in [1.165, 1.54) is 6.07 Å². The van der Waals surface area contributed by atoms with Crippen molar-refractivity contribution in [3.8, 4) is 5.06 Å². The van der Waals surface area contributed by atoms with E-state index in [9.17, 15) is 18.0 Å². The lowest BCUT2D eigenvalue weighted by atomic mass is 10.2. The Morgan fingerprint density at radius 3 is 3.00 bits per heavy atom. The highest BCUT2D eigenvalue weighted by Crippen LogP contribution is 2.48. The number of fused-ring (bicyclic) bond motifs is 1. The molecule has 1 amide bonds. The third-order valence-electron chi connectivity index (χ3n) is 4.78. The maximum atomic E-state index is 12.4. The number of aromatic nitrogens is 3. The molecule has 2 N–H and O–H groups in total. The van der Waals surface area contributed by atoms with E-state index >= 15 is 0 Å². The van der Waals surface area contributed by atoms with Gasteiger partial charge in [-0.1, -0.05) is 0 Å². The number of aromatic amines is 1. The van der Waals surface area contributed by atoms with Crippen LogP contribution in [0.1, 0.15) is 42.4 Å². The first-order valence-corrected chi connectivity index (χ1v) is 9.99. The first kappa shape index (κ1) is 19.7. The van der Waals surface area contributed by atoms with Crippen molar-refractivity contribution in [3.05, 3.63) is 41.2 Å². The fourth-order valence-electron chi connectivity index (χ4n) is 3.25. The summed E-state index contributed by atoms with van der Waals surface area (Å²) in [7, 11) is 0. The molecule has 0 aliphatic heterocycles. The van der Waals surface area contributed by atoms with E-state index in [1.807, 2.05) is 12.1 Å². The number of amides is 1. The zero-order valence-electron chi connectivity index (χ0n) is 15.5. The highest BCUT2D eigenvalue weighted by atomic mass is 32.1. The van der Waals surface area contributed by atoms with E-state index in [1.54, 1.807) is 19.2 Å². The number of halogens is 3. The molecule has 1 aliphatic rings. The number of hydrogen-bond donors (Lipinski definition) is 2. The number of rotatable bonds is 7. The van der Waals surface area contributed by atoms with E-state index in [-0.39, 0.29) is 28.8 Å². The van der Waals surface area contributed by atoms with Gasteiger partial charge >= 0.3 is 6.18 Å². The highest BCUT2D eigenvalue weighted by Gasteiger charge is 2.42. The van der Waals surface area contributed by atoms with Crippen molar-refractivity contribution in [2.75, 3.05) is 6.61 Å². The van der Waals surface area contributed by atoms with E-state index in [2.05, 4.69) is 20.3 Å². The van der Waals surface area contributed by atoms with E-state index < -0.39 is 12.8 Å². The molecule has 10 heteroatoms. The zero-order valence-corrected chi connectivity index (χ0v) is 16.3. The number of alkyl halides is 3. The van der Waals surface area contributed by atoms with Gasteiger partial charge in [0.25, 0.3) is 0 Å². The second-order valence-corrected chi connectivity index (χ2v) is 8.23. The Balaban J connectivity index is 1.27. The first-order valence-electron chi connectivity index (χ1n) is 9.18. The summed E-state index contributed by atoms with van der Waals surface area (Å²) in [6, 6.07) is 6.61. The third kappa shape index (κ3) is 4.87. The molecule has 0 bridgehead atoms. The molecule has 1 aliphatic carbocycles. The number of carbonyl (C=O) groups is 1. The summed E-state index contributed by atoms with van der Waals surface area (Å²) >= 11 is 1.10. The van der Waals surface area contributed by atoms with Gasteiger partial charge in [-0.2, -0.15) is 13.2 Å². The average Bonchev–Trinajstić information content (AvgIpc) is 3.08. The predicted octanol–water partition coefficient (Wildman–Crippen LogP) is 4.33. The molecule has 3 atom stereocenters. The molecule has 0 radical (unpaired) electrons. The number of thiophene rings is 1. The molecule has 3 aromatic rings. The van der Waals surface area contributed by atoms with E-state index in [4.69, 9.17) is 4.74 Å². The van der Waals surface area contributed by atoms with Crippen LogP contribution in [0.4, 0.5) is 13.2 Å². The van der Waals surface area contributed by atoms with Gasteiger partial charge in [0, 0.05) is 23.4 Å². The lowest BCUT2D eigenvalue weighted by Gasteiger charge is -2.12. The van der Waals surface area contributed by atoms with Crippen LogP contribution in [0.3, 0.4) is 0 Å². The molecule has 3 heterocycles. The Labute approximate surface area is 168 Å². The van der Waals surface area contributed by atoms with Gasteiger partial charge in [-0.05, 0) is 43.5 Å². The summed E-state index contributed by atoms with van der Waals surface area (Å²) in [4.78, 5) is 25.1. The molecular formula is C19H19F3N4O2S. The minimum Gasteiger partial charge on any atom is -0.475 e. The summed E-state index contributed by atoms with van der Waals surface area (Å²) in [6.45, 7) is 0.473. The van der Waals surface area contributed by atoms with Crippen LogP contribution in [-0.4, -0.2) is 33.6 Å². The number of nitrogens with one attached hydrogen (secondary N) is 2. The van der Waals surface area contributed by atoms with Crippen molar-refractivity contribution >= 4 is 28.4 Å². The van der Waals surface area contributed by atoms with Gasteiger partial charge in [0.2, 0.25) is 5.91 Å². The van der Waals surface area contributed by atoms with Crippen molar-refractivity contribution < 1.29 is 22.7 Å². The highest BCUT2D eigenvalue weighted by molar-refractivity contribution is 7.13. The molecule has 0 unspecified atom stereocenters. The maximum absolute atomic E-state index is 12.4. The molecule has 3 aromatic heterocycles. The van der Waals surface area contributed by atoms with Gasteiger partial charge in [-0.3, -0.25) is 4.79 Å². The van der Waals surface area contributed by atoms with E-state index in [0.29, 0.717) is 12.1 Å². The van der Waals surface area contributed by atoms with Gasteiger partial charge in [0.1, 0.15) is 5.82 Å². The molecule has 1 fully saturated rings. The van der Waals surface area contributed by atoms with Crippen LogP contribution in [0.2, 0.25) is 0 Å². The van der Waals surface area contributed by atoms with Crippen LogP contribution in [-0.2, 0) is 4.79 Å². The Hall–Kier alpha value is -2.62. The lowest BCUT2D eigenvalue weighted by molar-refractivity contribution is -0.152. The Bertz CT molecular complexity index is 983. The minimum absolute atomic E-state index is 0.0922. The lowest BCUT2D eigenvalue weighted by Crippen LogP contribution is -2.26. The van der Waals surface area contributed by atoms with Crippen LogP contribution >= 0.6 is 11.3 Å². The number of carbonyl (C=O) groups excluding carboxylic acids is 1. The van der Waals surface area contributed by atoms with Crippen LogP contribution in [0.5, 0.6) is 5.06 Å². The zero-order chi connectivity index (χ0) is 20.6. The number of hydrogen-bond acceptors (Lipinski definition) is 5. The molecular weight excluding hydrogens is 405 g/mol.